The van der Waals surface area contributed by atoms with Gasteiger partial charge in [-0.15, -0.1) is 0 Å². The lowest BCUT2D eigenvalue weighted by Gasteiger charge is -2.42. The van der Waals surface area contributed by atoms with Gasteiger partial charge in [0.25, 0.3) is 0 Å². The number of aliphatic imine (C=N–C) groups is 1. The number of aromatic nitrogens is 2. The zero-order chi connectivity index (χ0) is 22.2. The van der Waals surface area contributed by atoms with Gasteiger partial charge < -0.3 is 16.2 Å². The second kappa shape index (κ2) is 8.18. The number of piperidine rings is 1. The molecule has 2 aliphatic rings. The SMILES string of the molecule is C[C@@H](c1ccc(-c2cnc(N)nc2)cc1)C(C)(C)N1C=NC(C2CNCCC2(C)O)O1. The van der Waals surface area contributed by atoms with E-state index in [0.717, 1.165) is 17.7 Å². The highest BCUT2D eigenvalue weighted by Crippen LogP contribution is 2.38. The molecule has 4 N–H and O–H groups in total. The molecular formula is C23H32N6O2. The molecule has 1 fully saturated rings. The molecule has 0 bridgehead atoms. The van der Waals surface area contributed by atoms with Crippen LogP contribution in [0.3, 0.4) is 0 Å². The molecule has 0 saturated carbocycles. The Labute approximate surface area is 183 Å². The van der Waals surface area contributed by atoms with Crippen LogP contribution in [0, 0.1) is 5.92 Å². The summed E-state index contributed by atoms with van der Waals surface area (Å²) in [5, 5.41) is 16.0. The number of hydrogen-bond acceptors (Lipinski definition) is 8. The Balaban J connectivity index is 1.46. The van der Waals surface area contributed by atoms with Gasteiger partial charge >= 0.3 is 0 Å². The molecule has 4 rings (SSSR count). The standard InChI is InChI=1S/C23H32N6O2/c1-15(16-5-7-17(8-6-16)18-11-26-21(24)27-12-18)22(2,3)29-14-28-20(31-29)19-13-25-10-9-23(19,4)30/h5-8,11-12,14-15,19-20,25,30H,9-10,13H2,1-4H3,(H2,24,26,27)/t15-,19?,20?,23?/m0/s1. The molecule has 0 spiro atoms. The molecule has 0 aliphatic carbocycles. The third-order valence-electron chi connectivity index (χ3n) is 6.90. The lowest BCUT2D eigenvalue weighted by Crippen LogP contribution is -2.54. The van der Waals surface area contributed by atoms with E-state index in [1.165, 1.54) is 5.56 Å². The molecule has 1 aromatic heterocycles. The Kier molecular flexibility index (Phi) is 5.72. The number of benzene rings is 1. The van der Waals surface area contributed by atoms with Crippen LogP contribution in [0.15, 0.2) is 41.7 Å². The van der Waals surface area contributed by atoms with Crippen molar-refractivity contribution in [1.82, 2.24) is 20.3 Å². The summed E-state index contributed by atoms with van der Waals surface area (Å²) in [6.07, 6.45) is 5.54. The third-order valence-corrected chi connectivity index (χ3v) is 6.90. The minimum absolute atomic E-state index is 0.0879. The predicted octanol–water partition coefficient (Wildman–Crippen LogP) is 2.57. The molecule has 1 aromatic carbocycles. The lowest BCUT2D eigenvalue weighted by atomic mass is 9.82. The molecule has 3 unspecified atom stereocenters. The van der Waals surface area contributed by atoms with E-state index in [4.69, 9.17) is 10.6 Å². The van der Waals surface area contributed by atoms with Crippen LogP contribution in [0.4, 0.5) is 5.95 Å². The minimum Gasteiger partial charge on any atom is -0.390 e. The summed E-state index contributed by atoms with van der Waals surface area (Å²) in [4.78, 5) is 19.0. The van der Waals surface area contributed by atoms with Crippen molar-refractivity contribution in [2.75, 3.05) is 18.8 Å². The maximum Gasteiger partial charge on any atom is 0.219 e. The quantitative estimate of drug-likeness (QED) is 0.677. The third kappa shape index (κ3) is 4.28. The first-order valence-corrected chi connectivity index (χ1v) is 10.8. The Morgan fingerprint density at radius 3 is 2.55 bits per heavy atom. The molecule has 2 aromatic rings. The molecule has 31 heavy (non-hydrogen) atoms. The molecular weight excluding hydrogens is 392 g/mol. The molecule has 2 aliphatic heterocycles. The average Bonchev–Trinajstić information content (AvgIpc) is 3.24. The van der Waals surface area contributed by atoms with Crippen molar-refractivity contribution in [3.05, 3.63) is 42.2 Å². The first-order chi connectivity index (χ1) is 14.7. The van der Waals surface area contributed by atoms with E-state index in [-0.39, 0.29) is 29.6 Å². The van der Waals surface area contributed by atoms with Crippen molar-refractivity contribution in [3.63, 3.8) is 0 Å². The van der Waals surface area contributed by atoms with Gasteiger partial charge in [0.05, 0.1) is 11.1 Å². The number of hydroxylamine groups is 2. The highest BCUT2D eigenvalue weighted by molar-refractivity contribution is 5.62. The van der Waals surface area contributed by atoms with Gasteiger partial charge in [-0.05, 0) is 44.9 Å². The molecule has 3 heterocycles. The summed E-state index contributed by atoms with van der Waals surface area (Å²) in [5.74, 6) is 0.348. The van der Waals surface area contributed by atoms with Crippen LogP contribution in [0.1, 0.15) is 45.6 Å². The van der Waals surface area contributed by atoms with Gasteiger partial charge in [-0.2, -0.15) is 0 Å². The fraction of sp³-hybridized carbons (Fsp3) is 0.522. The summed E-state index contributed by atoms with van der Waals surface area (Å²) < 4.78 is 0. The summed E-state index contributed by atoms with van der Waals surface area (Å²) in [6.45, 7) is 9.85. The van der Waals surface area contributed by atoms with Crippen LogP contribution in [-0.2, 0) is 4.84 Å². The number of nitrogens with zero attached hydrogens (tertiary/aromatic N) is 4. The van der Waals surface area contributed by atoms with Crippen LogP contribution < -0.4 is 11.1 Å². The number of nitrogen functional groups attached to an aromatic ring is 1. The maximum absolute atomic E-state index is 10.8. The van der Waals surface area contributed by atoms with Gasteiger partial charge in [0, 0.05) is 36.3 Å². The smallest absolute Gasteiger partial charge is 0.219 e. The second-order valence-electron chi connectivity index (χ2n) is 9.33. The van der Waals surface area contributed by atoms with E-state index in [9.17, 15) is 5.11 Å². The van der Waals surface area contributed by atoms with Crippen LogP contribution in [0.25, 0.3) is 11.1 Å². The summed E-state index contributed by atoms with van der Waals surface area (Å²) in [6, 6.07) is 8.39. The van der Waals surface area contributed by atoms with E-state index in [2.05, 4.69) is 65.3 Å². The van der Waals surface area contributed by atoms with Crippen molar-refractivity contribution in [3.8, 4) is 11.1 Å². The van der Waals surface area contributed by atoms with E-state index in [0.29, 0.717) is 13.0 Å². The average molecular weight is 425 g/mol. The summed E-state index contributed by atoms with van der Waals surface area (Å²) in [5.41, 5.74) is 7.62. The zero-order valence-electron chi connectivity index (χ0n) is 18.6. The topological polar surface area (TPSA) is 109 Å². The Hall–Kier alpha value is -2.55. The zero-order valence-corrected chi connectivity index (χ0v) is 18.6. The minimum atomic E-state index is -0.791. The summed E-state index contributed by atoms with van der Waals surface area (Å²) in [7, 11) is 0. The van der Waals surface area contributed by atoms with Gasteiger partial charge in [0.2, 0.25) is 5.95 Å². The first-order valence-electron chi connectivity index (χ1n) is 10.8. The van der Waals surface area contributed by atoms with Crippen molar-refractivity contribution in [2.45, 2.75) is 57.4 Å². The molecule has 4 atom stereocenters. The molecule has 0 amide bonds. The van der Waals surface area contributed by atoms with Crippen LogP contribution in [0.5, 0.6) is 0 Å². The van der Waals surface area contributed by atoms with E-state index >= 15 is 0 Å². The summed E-state index contributed by atoms with van der Waals surface area (Å²) >= 11 is 0. The Morgan fingerprint density at radius 2 is 1.90 bits per heavy atom. The van der Waals surface area contributed by atoms with Crippen molar-refractivity contribution >= 4 is 12.3 Å². The van der Waals surface area contributed by atoms with Crippen molar-refractivity contribution in [2.24, 2.45) is 10.9 Å². The number of nitrogens with two attached hydrogens (primary N) is 1. The van der Waals surface area contributed by atoms with E-state index in [1.54, 1.807) is 18.7 Å². The molecule has 8 nitrogen and oxygen atoms in total. The molecule has 8 heteroatoms. The van der Waals surface area contributed by atoms with Gasteiger partial charge in [-0.1, -0.05) is 31.2 Å². The van der Waals surface area contributed by atoms with Crippen LogP contribution in [0.2, 0.25) is 0 Å². The predicted molar refractivity (Wildman–Crippen MR) is 121 cm³/mol. The van der Waals surface area contributed by atoms with Crippen molar-refractivity contribution < 1.29 is 9.94 Å². The molecule has 0 radical (unpaired) electrons. The largest absolute Gasteiger partial charge is 0.390 e. The fourth-order valence-corrected chi connectivity index (χ4v) is 4.22. The fourth-order valence-electron chi connectivity index (χ4n) is 4.22. The normalized spacial score (nSPS) is 27.5. The Morgan fingerprint density at radius 1 is 1.23 bits per heavy atom. The van der Waals surface area contributed by atoms with E-state index < -0.39 is 5.60 Å². The van der Waals surface area contributed by atoms with Gasteiger partial charge in [-0.3, -0.25) is 0 Å². The van der Waals surface area contributed by atoms with Crippen LogP contribution in [-0.4, -0.2) is 56.9 Å². The van der Waals surface area contributed by atoms with Gasteiger partial charge in [0.15, 0.2) is 6.23 Å². The first kappa shape index (κ1) is 21.7. The van der Waals surface area contributed by atoms with Gasteiger partial charge in [-0.25, -0.2) is 24.9 Å². The van der Waals surface area contributed by atoms with Crippen LogP contribution >= 0.6 is 0 Å². The monoisotopic (exact) mass is 424 g/mol. The molecule has 166 valence electrons. The molecule has 1 saturated heterocycles. The number of aliphatic hydroxyl groups is 1. The lowest BCUT2D eigenvalue weighted by molar-refractivity contribution is -0.210. The number of hydrogen-bond donors (Lipinski definition) is 3. The van der Waals surface area contributed by atoms with Gasteiger partial charge in [0.1, 0.15) is 6.34 Å². The second-order valence-corrected chi connectivity index (χ2v) is 9.33. The highest BCUT2D eigenvalue weighted by atomic mass is 16.7. The van der Waals surface area contributed by atoms with E-state index in [1.807, 2.05) is 12.0 Å². The maximum atomic E-state index is 10.8. The van der Waals surface area contributed by atoms with Crippen molar-refractivity contribution in [1.29, 1.82) is 0 Å². The number of rotatable bonds is 5. The Bertz CT molecular complexity index is 926. The highest BCUT2D eigenvalue weighted by Gasteiger charge is 2.45. The number of nitrogens with one attached hydrogen (secondary N) is 1. The number of anilines is 1.